The third kappa shape index (κ3) is 5.02. The number of aromatic nitrogens is 1. The lowest BCUT2D eigenvalue weighted by Gasteiger charge is -2.16. The van der Waals surface area contributed by atoms with Gasteiger partial charge in [-0.1, -0.05) is 11.6 Å². The Morgan fingerprint density at radius 1 is 1.44 bits per heavy atom. The molecular formula is C16H19ClN2O5S. The first-order valence-electron chi connectivity index (χ1n) is 7.61. The van der Waals surface area contributed by atoms with Crippen LogP contribution in [0.1, 0.15) is 12.8 Å². The lowest BCUT2D eigenvalue weighted by molar-refractivity contribution is -0.145. The Morgan fingerprint density at radius 3 is 2.88 bits per heavy atom. The molecule has 0 aliphatic heterocycles. The molecule has 2 aromatic rings. The maximum atomic E-state index is 12.1. The second-order valence-electron chi connectivity index (χ2n) is 5.31. The Morgan fingerprint density at radius 2 is 2.20 bits per heavy atom. The number of fused-ring (bicyclic) bond motifs is 1. The molecule has 1 aromatic heterocycles. The van der Waals surface area contributed by atoms with Gasteiger partial charge in [0.1, 0.15) is 6.04 Å². The zero-order valence-electron chi connectivity index (χ0n) is 13.9. The van der Waals surface area contributed by atoms with E-state index in [1.54, 1.807) is 30.0 Å². The zero-order valence-corrected chi connectivity index (χ0v) is 15.5. The van der Waals surface area contributed by atoms with Crippen molar-refractivity contribution >= 4 is 46.3 Å². The molecule has 0 fully saturated rings. The van der Waals surface area contributed by atoms with E-state index in [9.17, 15) is 14.4 Å². The van der Waals surface area contributed by atoms with Gasteiger partial charge in [0.25, 0.3) is 0 Å². The number of methoxy groups -OCH3 is 1. The number of ether oxygens (including phenoxy) is 1. The predicted octanol–water partition coefficient (Wildman–Crippen LogP) is 2.05. The lowest BCUT2D eigenvalue weighted by atomic mass is 10.2. The van der Waals surface area contributed by atoms with Gasteiger partial charge in [-0.15, -0.1) is 0 Å². The average Bonchev–Trinajstić information content (AvgIpc) is 2.90. The number of rotatable bonds is 8. The second kappa shape index (κ2) is 8.96. The summed E-state index contributed by atoms with van der Waals surface area (Å²) in [5.41, 5.74) is 0.930. The van der Waals surface area contributed by atoms with Gasteiger partial charge in [0.15, 0.2) is 5.58 Å². The molecule has 25 heavy (non-hydrogen) atoms. The molecule has 0 unspecified atom stereocenters. The smallest absolute Gasteiger partial charge is 0.419 e. The number of hydrogen-bond acceptors (Lipinski definition) is 6. The normalized spacial score (nSPS) is 12.1. The first kappa shape index (κ1) is 19.4. The van der Waals surface area contributed by atoms with Gasteiger partial charge in [0, 0.05) is 24.1 Å². The Kier molecular flexibility index (Phi) is 6.95. The molecule has 0 bridgehead atoms. The molecule has 1 atom stereocenters. The van der Waals surface area contributed by atoms with E-state index in [-0.39, 0.29) is 18.9 Å². The van der Waals surface area contributed by atoms with Crippen LogP contribution in [0.4, 0.5) is 0 Å². The van der Waals surface area contributed by atoms with Gasteiger partial charge in [0.05, 0.1) is 12.6 Å². The number of aryl methyl sites for hydroxylation is 1. The monoisotopic (exact) mass is 386 g/mol. The van der Waals surface area contributed by atoms with E-state index in [2.05, 4.69) is 5.32 Å². The molecular weight excluding hydrogens is 368 g/mol. The summed E-state index contributed by atoms with van der Waals surface area (Å²) in [5, 5.41) is 3.11. The highest BCUT2D eigenvalue weighted by atomic mass is 35.5. The number of thioether (sulfide) groups is 1. The number of carbonyl (C=O) groups is 2. The molecule has 1 aromatic carbocycles. The van der Waals surface area contributed by atoms with E-state index in [1.165, 1.54) is 11.7 Å². The van der Waals surface area contributed by atoms with Crippen LogP contribution in [0.3, 0.4) is 0 Å². The molecule has 1 N–H and O–H groups in total. The topological polar surface area (TPSA) is 90.5 Å². The standard InChI is InChI=1S/C16H19ClN2O5S/c1-23-15(21)11(6-8-25-2)18-14(20)5-7-19-12-4-3-10(17)9-13(12)24-16(19)22/h3-4,9,11H,5-8H2,1-2H3,(H,18,20)/t11-/m0/s1. The summed E-state index contributed by atoms with van der Waals surface area (Å²) in [6, 6.07) is 4.16. The highest BCUT2D eigenvalue weighted by Gasteiger charge is 2.21. The molecule has 9 heteroatoms. The van der Waals surface area contributed by atoms with Crippen molar-refractivity contribution in [3.63, 3.8) is 0 Å². The largest absolute Gasteiger partial charge is 0.467 e. The lowest BCUT2D eigenvalue weighted by Crippen LogP contribution is -2.42. The van der Waals surface area contributed by atoms with E-state index in [0.717, 1.165) is 0 Å². The van der Waals surface area contributed by atoms with Gasteiger partial charge in [-0.3, -0.25) is 9.36 Å². The number of nitrogens with zero attached hydrogens (tertiary/aromatic N) is 1. The van der Waals surface area contributed by atoms with E-state index < -0.39 is 17.8 Å². The zero-order chi connectivity index (χ0) is 18.4. The van der Waals surface area contributed by atoms with Crippen LogP contribution in [0, 0.1) is 0 Å². The molecule has 0 saturated carbocycles. The SMILES string of the molecule is COC(=O)[C@H](CCSC)NC(=O)CCn1c(=O)oc2cc(Cl)ccc21. The summed E-state index contributed by atoms with van der Waals surface area (Å²) in [6.45, 7) is 0.135. The van der Waals surface area contributed by atoms with Crippen molar-refractivity contribution in [2.24, 2.45) is 0 Å². The molecule has 1 amide bonds. The molecule has 0 aliphatic rings. The van der Waals surface area contributed by atoms with Crippen LogP contribution in [-0.4, -0.2) is 41.6 Å². The van der Waals surface area contributed by atoms with Crippen molar-refractivity contribution < 1.29 is 18.7 Å². The maximum absolute atomic E-state index is 12.1. The fraction of sp³-hybridized carbons (Fsp3) is 0.438. The molecule has 0 saturated heterocycles. The first-order valence-corrected chi connectivity index (χ1v) is 9.38. The number of benzene rings is 1. The van der Waals surface area contributed by atoms with Crippen LogP contribution >= 0.6 is 23.4 Å². The van der Waals surface area contributed by atoms with Crippen molar-refractivity contribution in [3.05, 3.63) is 33.8 Å². The van der Waals surface area contributed by atoms with E-state index in [0.29, 0.717) is 28.3 Å². The number of amides is 1. The van der Waals surface area contributed by atoms with Gasteiger partial charge in [0.2, 0.25) is 5.91 Å². The first-order chi connectivity index (χ1) is 12.0. The molecule has 0 radical (unpaired) electrons. The van der Waals surface area contributed by atoms with Gasteiger partial charge >= 0.3 is 11.7 Å². The Bertz CT molecular complexity index is 816. The van der Waals surface area contributed by atoms with Gasteiger partial charge < -0.3 is 14.5 Å². The molecule has 136 valence electrons. The number of halogens is 1. The van der Waals surface area contributed by atoms with Crippen LogP contribution in [0.25, 0.3) is 11.1 Å². The Hall–Kier alpha value is -1.93. The maximum Gasteiger partial charge on any atom is 0.419 e. The highest BCUT2D eigenvalue weighted by Crippen LogP contribution is 2.18. The summed E-state index contributed by atoms with van der Waals surface area (Å²) >= 11 is 7.44. The Balaban J connectivity index is 2.03. The molecule has 2 rings (SSSR count). The fourth-order valence-electron chi connectivity index (χ4n) is 2.36. The van der Waals surface area contributed by atoms with Crippen LogP contribution in [0.15, 0.2) is 27.4 Å². The van der Waals surface area contributed by atoms with Crippen molar-refractivity contribution in [2.75, 3.05) is 19.1 Å². The van der Waals surface area contributed by atoms with Crippen molar-refractivity contribution in [1.82, 2.24) is 9.88 Å². The van der Waals surface area contributed by atoms with E-state index in [1.807, 2.05) is 6.26 Å². The molecule has 0 spiro atoms. The van der Waals surface area contributed by atoms with Crippen molar-refractivity contribution in [3.8, 4) is 0 Å². The minimum Gasteiger partial charge on any atom is -0.467 e. The molecule has 0 aliphatic carbocycles. The fourth-order valence-corrected chi connectivity index (χ4v) is 2.99. The summed E-state index contributed by atoms with van der Waals surface area (Å²) < 4.78 is 11.2. The number of oxazole rings is 1. The molecule has 7 nitrogen and oxygen atoms in total. The number of hydrogen-bond donors (Lipinski definition) is 1. The summed E-state index contributed by atoms with van der Waals surface area (Å²) in [4.78, 5) is 35.8. The van der Waals surface area contributed by atoms with Crippen molar-refractivity contribution in [1.29, 1.82) is 0 Å². The van der Waals surface area contributed by atoms with Gasteiger partial charge in [-0.05, 0) is 30.6 Å². The summed E-state index contributed by atoms with van der Waals surface area (Å²) in [7, 11) is 1.28. The van der Waals surface area contributed by atoms with Crippen LogP contribution < -0.4 is 11.1 Å². The predicted molar refractivity (Wildman–Crippen MR) is 97.0 cm³/mol. The molecule has 1 heterocycles. The quantitative estimate of drug-likeness (QED) is 0.698. The number of carbonyl (C=O) groups excluding carboxylic acids is 2. The van der Waals surface area contributed by atoms with E-state index in [4.69, 9.17) is 20.8 Å². The van der Waals surface area contributed by atoms with Gasteiger partial charge in [-0.2, -0.15) is 11.8 Å². The summed E-state index contributed by atoms with van der Waals surface area (Å²) in [6.07, 6.45) is 2.43. The number of esters is 1. The van der Waals surface area contributed by atoms with Gasteiger partial charge in [-0.25, -0.2) is 9.59 Å². The Labute approximate surface area is 153 Å². The average molecular weight is 387 g/mol. The van der Waals surface area contributed by atoms with Crippen LogP contribution in [0.5, 0.6) is 0 Å². The second-order valence-corrected chi connectivity index (χ2v) is 6.73. The summed E-state index contributed by atoms with van der Waals surface area (Å²) in [5.74, 6) is -0.668. The number of nitrogens with one attached hydrogen (secondary N) is 1. The highest BCUT2D eigenvalue weighted by molar-refractivity contribution is 7.98. The third-order valence-corrected chi connectivity index (χ3v) is 4.50. The minimum atomic E-state index is -0.693. The van der Waals surface area contributed by atoms with Crippen LogP contribution in [-0.2, 0) is 20.9 Å². The van der Waals surface area contributed by atoms with Crippen molar-refractivity contribution in [2.45, 2.75) is 25.4 Å². The van der Waals surface area contributed by atoms with E-state index >= 15 is 0 Å². The minimum absolute atomic E-state index is 0.0317. The van der Waals surface area contributed by atoms with Crippen LogP contribution in [0.2, 0.25) is 5.02 Å². The third-order valence-electron chi connectivity index (χ3n) is 3.62.